The van der Waals surface area contributed by atoms with Crippen molar-refractivity contribution in [2.45, 2.75) is 31.2 Å². The molecule has 26 heavy (non-hydrogen) atoms. The summed E-state index contributed by atoms with van der Waals surface area (Å²) in [6, 6.07) is 11.9. The number of nitrogens with one attached hydrogen (secondary N) is 1. The summed E-state index contributed by atoms with van der Waals surface area (Å²) in [5.41, 5.74) is 1.79. The number of aryl methyl sites for hydroxylation is 1. The number of hydrogen-bond donors (Lipinski definition) is 1. The molecule has 0 aliphatic carbocycles. The van der Waals surface area contributed by atoms with Crippen LogP contribution in [-0.4, -0.2) is 27.2 Å². The van der Waals surface area contributed by atoms with Crippen LogP contribution in [0.15, 0.2) is 47.4 Å². The number of amides is 1. The summed E-state index contributed by atoms with van der Waals surface area (Å²) >= 11 is 5.96. The lowest BCUT2D eigenvalue weighted by atomic mass is 10.2. The van der Waals surface area contributed by atoms with Gasteiger partial charge in [-0.1, -0.05) is 23.7 Å². The molecule has 7 heteroatoms. The first-order valence-corrected chi connectivity index (χ1v) is 10.5. The minimum absolute atomic E-state index is 0.0759. The zero-order valence-electron chi connectivity index (χ0n) is 14.8. The molecule has 5 nitrogen and oxygen atoms in total. The van der Waals surface area contributed by atoms with Crippen LogP contribution in [0.4, 0.5) is 0 Å². The third-order valence-electron chi connectivity index (χ3n) is 3.79. The molecular weight excluding hydrogens is 374 g/mol. The largest absolute Gasteiger partial charge is 0.494 e. The highest BCUT2D eigenvalue weighted by atomic mass is 35.5. The van der Waals surface area contributed by atoms with Crippen molar-refractivity contribution in [1.82, 2.24) is 5.32 Å². The lowest BCUT2D eigenvalue weighted by Crippen LogP contribution is -2.23. The fourth-order valence-corrected chi connectivity index (χ4v) is 3.02. The van der Waals surface area contributed by atoms with Crippen LogP contribution in [0.1, 0.15) is 24.0 Å². The molecule has 0 heterocycles. The van der Waals surface area contributed by atoms with E-state index >= 15 is 0 Å². The standard InChI is InChI=1S/C19H22ClNO4S/c1-14-12-16(7-10-18(14)20)25-11-3-4-19(22)21-13-15-5-8-17(9-6-15)26(2,23)24/h5-10,12H,3-4,11,13H2,1-2H3,(H,21,22). The zero-order valence-corrected chi connectivity index (χ0v) is 16.4. The molecule has 140 valence electrons. The molecular formula is C19H22ClNO4S. The number of hydrogen-bond acceptors (Lipinski definition) is 4. The highest BCUT2D eigenvalue weighted by Gasteiger charge is 2.07. The van der Waals surface area contributed by atoms with Gasteiger partial charge in [-0.05, 0) is 54.8 Å². The summed E-state index contributed by atoms with van der Waals surface area (Å²) in [4.78, 5) is 12.1. The molecule has 0 fully saturated rings. The number of carbonyl (C=O) groups is 1. The van der Waals surface area contributed by atoms with Crippen molar-refractivity contribution in [2.75, 3.05) is 12.9 Å². The predicted octanol–water partition coefficient (Wildman–Crippen LogP) is 3.53. The van der Waals surface area contributed by atoms with E-state index in [1.165, 1.54) is 0 Å². The second kappa shape index (κ2) is 9.05. The molecule has 0 radical (unpaired) electrons. The van der Waals surface area contributed by atoms with E-state index in [4.69, 9.17) is 16.3 Å². The van der Waals surface area contributed by atoms with E-state index in [2.05, 4.69) is 5.32 Å². The van der Waals surface area contributed by atoms with Crippen molar-refractivity contribution in [3.05, 3.63) is 58.6 Å². The lowest BCUT2D eigenvalue weighted by Gasteiger charge is -2.08. The molecule has 2 rings (SSSR count). The summed E-state index contributed by atoms with van der Waals surface area (Å²) in [5, 5.41) is 3.51. The van der Waals surface area contributed by atoms with Gasteiger partial charge in [-0.15, -0.1) is 0 Å². The van der Waals surface area contributed by atoms with Gasteiger partial charge < -0.3 is 10.1 Å². The summed E-state index contributed by atoms with van der Waals surface area (Å²) < 4.78 is 28.4. The maximum Gasteiger partial charge on any atom is 0.220 e. The Morgan fingerprint density at radius 1 is 1.15 bits per heavy atom. The fraction of sp³-hybridized carbons (Fsp3) is 0.316. The van der Waals surface area contributed by atoms with Crippen LogP contribution >= 0.6 is 11.6 Å². The van der Waals surface area contributed by atoms with E-state index in [1.54, 1.807) is 36.4 Å². The third-order valence-corrected chi connectivity index (χ3v) is 5.34. The van der Waals surface area contributed by atoms with Gasteiger partial charge in [-0.3, -0.25) is 4.79 Å². The molecule has 1 amide bonds. The third kappa shape index (κ3) is 6.35. The highest BCUT2D eigenvalue weighted by Crippen LogP contribution is 2.21. The molecule has 0 unspecified atom stereocenters. The minimum Gasteiger partial charge on any atom is -0.494 e. The maximum atomic E-state index is 11.9. The smallest absolute Gasteiger partial charge is 0.220 e. The van der Waals surface area contributed by atoms with E-state index in [1.807, 2.05) is 13.0 Å². The van der Waals surface area contributed by atoms with Crippen molar-refractivity contribution < 1.29 is 17.9 Å². The van der Waals surface area contributed by atoms with Gasteiger partial charge in [0.25, 0.3) is 0 Å². The summed E-state index contributed by atoms with van der Waals surface area (Å²) in [5.74, 6) is 0.659. The van der Waals surface area contributed by atoms with E-state index in [0.29, 0.717) is 31.0 Å². The fourth-order valence-electron chi connectivity index (χ4n) is 2.27. The predicted molar refractivity (Wildman–Crippen MR) is 102 cm³/mol. The van der Waals surface area contributed by atoms with Crippen LogP contribution in [0.2, 0.25) is 5.02 Å². The normalized spacial score (nSPS) is 11.2. The Hall–Kier alpha value is -2.05. The molecule has 0 aromatic heterocycles. The highest BCUT2D eigenvalue weighted by molar-refractivity contribution is 7.90. The Kier molecular flexibility index (Phi) is 7.06. The van der Waals surface area contributed by atoms with E-state index in [-0.39, 0.29) is 10.8 Å². The maximum absolute atomic E-state index is 11.9. The zero-order chi connectivity index (χ0) is 19.2. The average molecular weight is 396 g/mol. The molecule has 2 aromatic rings. The van der Waals surface area contributed by atoms with Gasteiger partial charge in [-0.2, -0.15) is 0 Å². The number of sulfone groups is 1. The first-order chi connectivity index (χ1) is 12.3. The van der Waals surface area contributed by atoms with Crippen LogP contribution in [0.3, 0.4) is 0 Å². The second-order valence-corrected chi connectivity index (χ2v) is 8.48. The van der Waals surface area contributed by atoms with E-state index in [9.17, 15) is 13.2 Å². The van der Waals surface area contributed by atoms with Crippen molar-refractivity contribution in [2.24, 2.45) is 0 Å². The first-order valence-electron chi connectivity index (χ1n) is 8.20. The van der Waals surface area contributed by atoms with Crippen molar-refractivity contribution in [3.63, 3.8) is 0 Å². The quantitative estimate of drug-likeness (QED) is 0.694. The Morgan fingerprint density at radius 2 is 1.85 bits per heavy atom. The Labute approximate surface area is 159 Å². The van der Waals surface area contributed by atoms with Gasteiger partial charge in [0.05, 0.1) is 11.5 Å². The molecule has 0 saturated heterocycles. The van der Waals surface area contributed by atoms with Crippen molar-refractivity contribution in [3.8, 4) is 5.75 Å². The molecule has 0 aliphatic heterocycles. The van der Waals surface area contributed by atoms with Crippen molar-refractivity contribution in [1.29, 1.82) is 0 Å². The van der Waals surface area contributed by atoms with E-state index in [0.717, 1.165) is 23.1 Å². The van der Waals surface area contributed by atoms with Gasteiger partial charge in [-0.25, -0.2) is 8.42 Å². The number of carbonyl (C=O) groups excluding carboxylic acids is 1. The Balaban J connectivity index is 1.69. The van der Waals surface area contributed by atoms with Gasteiger partial charge in [0.2, 0.25) is 5.91 Å². The SMILES string of the molecule is Cc1cc(OCCCC(=O)NCc2ccc(S(C)(=O)=O)cc2)ccc1Cl. The second-order valence-electron chi connectivity index (χ2n) is 6.06. The summed E-state index contributed by atoms with van der Waals surface area (Å²) in [7, 11) is -3.20. The number of rotatable bonds is 8. The first kappa shape index (κ1) is 20.3. The van der Waals surface area contributed by atoms with Gasteiger partial charge in [0.1, 0.15) is 5.75 Å². The topological polar surface area (TPSA) is 72.5 Å². The Bertz CT molecular complexity index is 864. The van der Waals surface area contributed by atoms with Crippen molar-refractivity contribution >= 4 is 27.3 Å². The molecule has 0 saturated carbocycles. The van der Waals surface area contributed by atoms with Gasteiger partial charge in [0, 0.05) is 24.2 Å². The minimum atomic E-state index is -3.20. The van der Waals surface area contributed by atoms with Crippen LogP contribution in [0, 0.1) is 6.92 Å². The summed E-state index contributed by atoms with van der Waals surface area (Å²) in [6.45, 7) is 2.71. The van der Waals surface area contributed by atoms with Crippen LogP contribution in [0.25, 0.3) is 0 Å². The number of halogens is 1. The monoisotopic (exact) mass is 395 g/mol. The van der Waals surface area contributed by atoms with Crippen LogP contribution < -0.4 is 10.1 Å². The average Bonchev–Trinajstić information content (AvgIpc) is 2.59. The van der Waals surface area contributed by atoms with Gasteiger partial charge in [0.15, 0.2) is 9.84 Å². The van der Waals surface area contributed by atoms with Crippen LogP contribution in [-0.2, 0) is 21.2 Å². The van der Waals surface area contributed by atoms with Gasteiger partial charge >= 0.3 is 0 Å². The molecule has 0 bridgehead atoms. The molecule has 0 aliphatic rings. The summed E-state index contributed by atoms with van der Waals surface area (Å²) in [6.07, 6.45) is 2.12. The molecule has 2 aromatic carbocycles. The molecule has 1 N–H and O–H groups in total. The van der Waals surface area contributed by atoms with Crippen LogP contribution in [0.5, 0.6) is 5.75 Å². The Morgan fingerprint density at radius 3 is 2.46 bits per heavy atom. The molecule has 0 atom stereocenters. The number of benzene rings is 2. The lowest BCUT2D eigenvalue weighted by molar-refractivity contribution is -0.121. The van der Waals surface area contributed by atoms with E-state index < -0.39 is 9.84 Å². The molecule has 0 spiro atoms. The number of ether oxygens (including phenoxy) is 1.